The second-order valence-corrected chi connectivity index (χ2v) is 6.86. The Balaban J connectivity index is 1.71. The molecule has 3 rings (SSSR count). The Morgan fingerprint density at radius 3 is 2.42 bits per heavy atom. The number of nitrogens with one attached hydrogen (secondary N) is 1. The molecule has 128 valence electrons. The summed E-state index contributed by atoms with van der Waals surface area (Å²) in [6.45, 7) is 5.94. The molecule has 1 fully saturated rings. The molecular formula is C19H25N3O2. The van der Waals surface area contributed by atoms with E-state index >= 15 is 0 Å². The van der Waals surface area contributed by atoms with Gasteiger partial charge in [-0.2, -0.15) is 5.10 Å². The van der Waals surface area contributed by atoms with Crippen LogP contribution < -0.4 is 5.32 Å². The number of aliphatic hydroxyl groups is 1. The van der Waals surface area contributed by atoms with Crippen molar-refractivity contribution in [3.8, 4) is 5.69 Å². The minimum Gasteiger partial charge on any atom is -0.380 e. The maximum Gasteiger partial charge on any atom is 0.252 e. The second kappa shape index (κ2) is 6.40. The highest BCUT2D eigenvalue weighted by Gasteiger charge is 2.39. The molecule has 1 aliphatic carbocycles. The van der Waals surface area contributed by atoms with Crippen LogP contribution in [0.15, 0.2) is 30.3 Å². The zero-order valence-electron chi connectivity index (χ0n) is 14.5. The Hall–Kier alpha value is -2.14. The predicted octanol–water partition coefficient (Wildman–Crippen LogP) is 2.97. The van der Waals surface area contributed by atoms with E-state index in [1.54, 1.807) is 0 Å². The minimum atomic E-state index is -1.18. The van der Waals surface area contributed by atoms with E-state index in [1.165, 1.54) is 0 Å². The van der Waals surface area contributed by atoms with Gasteiger partial charge in [0.1, 0.15) is 5.60 Å². The summed E-state index contributed by atoms with van der Waals surface area (Å²) < 4.78 is 1.91. The van der Waals surface area contributed by atoms with Gasteiger partial charge in [0.05, 0.1) is 17.4 Å². The quantitative estimate of drug-likeness (QED) is 0.907. The number of hydrogen-bond acceptors (Lipinski definition) is 3. The Morgan fingerprint density at radius 1 is 1.25 bits per heavy atom. The first-order valence-corrected chi connectivity index (χ1v) is 8.56. The molecule has 1 heterocycles. The van der Waals surface area contributed by atoms with E-state index in [9.17, 15) is 9.90 Å². The topological polar surface area (TPSA) is 67.2 Å². The smallest absolute Gasteiger partial charge is 0.252 e. The van der Waals surface area contributed by atoms with Crippen LogP contribution in [0.2, 0.25) is 0 Å². The third-order valence-corrected chi connectivity index (χ3v) is 4.85. The molecule has 1 saturated carbocycles. The van der Waals surface area contributed by atoms with Crippen molar-refractivity contribution in [2.45, 2.75) is 58.1 Å². The van der Waals surface area contributed by atoms with Gasteiger partial charge in [0.25, 0.3) is 5.91 Å². The highest BCUT2D eigenvalue weighted by Crippen LogP contribution is 2.30. The van der Waals surface area contributed by atoms with Crippen molar-refractivity contribution in [1.29, 1.82) is 0 Å². The monoisotopic (exact) mass is 327 g/mol. The Labute approximate surface area is 142 Å². The van der Waals surface area contributed by atoms with Gasteiger partial charge in [0.15, 0.2) is 0 Å². The molecule has 2 aromatic rings. The van der Waals surface area contributed by atoms with Crippen LogP contribution >= 0.6 is 0 Å². The molecule has 1 amide bonds. The summed E-state index contributed by atoms with van der Waals surface area (Å²) in [4.78, 5) is 12.3. The molecule has 1 unspecified atom stereocenters. The number of hydrogen-bond donors (Lipinski definition) is 2. The lowest BCUT2D eigenvalue weighted by Crippen LogP contribution is -2.45. The zero-order chi connectivity index (χ0) is 17.3. The summed E-state index contributed by atoms with van der Waals surface area (Å²) in [5.74, 6) is -0.255. The standard InChI is InChI=1S/C19H25N3O2/c1-13-12-14(2)22(21-13)17-8-6-16(7-9-17)15(3)20-18(23)19(24)10-4-5-11-19/h6-9,12,15,24H,4-5,10-11H2,1-3H3,(H,20,23). The van der Waals surface area contributed by atoms with E-state index in [0.717, 1.165) is 35.5 Å². The molecule has 0 spiro atoms. The number of nitrogens with zero attached hydrogens (tertiary/aromatic N) is 2. The third kappa shape index (κ3) is 3.22. The van der Waals surface area contributed by atoms with E-state index in [4.69, 9.17) is 0 Å². The number of carbonyl (C=O) groups excluding carboxylic acids is 1. The van der Waals surface area contributed by atoms with Gasteiger partial charge in [-0.1, -0.05) is 12.1 Å². The number of aryl methyl sites for hydroxylation is 2. The van der Waals surface area contributed by atoms with Crippen LogP contribution in [0, 0.1) is 13.8 Å². The van der Waals surface area contributed by atoms with E-state index < -0.39 is 5.60 Å². The van der Waals surface area contributed by atoms with Gasteiger partial charge < -0.3 is 10.4 Å². The van der Waals surface area contributed by atoms with Gasteiger partial charge in [-0.15, -0.1) is 0 Å². The molecule has 0 saturated heterocycles. The minimum absolute atomic E-state index is 0.142. The van der Waals surface area contributed by atoms with E-state index in [-0.39, 0.29) is 11.9 Å². The van der Waals surface area contributed by atoms with Crippen LogP contribution in [-0.4, -0.2) is 26.4 Å². The summed E-state index contributed by atoms with van der Waals surface area (Å²) >= 11 is 0. The summed E-state index contributed by atoms with van der Waals surface area (Å²) in [7, 11) is 0. The molecule has 5 nitrogen and oxygen atoms in total. The predicted molar refractivity (Wildman–Crippen MR) is 93.0 cm³/mol. The van der Waals surface area contributed by atoms with Crippen molar-refractivity contribution >= 4 is 5.91 Å². The lowest BCUT2D eigenvalue weighted by atomic mass is 10.00. The average Bonchev–Trinajstić information content (AvgIpc) is 3.14. The lowest BCUT2D eigenvalue weighted by molar-refractivity contribution is -0.139. The van der Waals surface area contributed by atoms with Crippen LogP contribution in [0.1, 0.15) is 55.6 Å². The van der Waals surface area contributed by atoms with Crippen LogP contribution in [0.25, 0.3) is 5.69 Å². The fourth-order valence-electron chi connectivity index (χ4n) is 3.40. The first-order chi connectivity index (χ1) is 11.4. The van der Waals surface area contributed by atoms with E-state index in [1.807, 2.05) is 55.8 Å². The summed E-state index contributed by atoms with van der Waals surface area (Å²) in [6, 6.07) is 9.89. The van der Waals surface area contributed by atoms with Crippen molar-refractivity contribution in [2.75, 3.05) is 0 Å². The fourth-order valence-corrected chi connectivity index (χ4v) is 3.40. The molecule has 1 aliphatic rings. The van der Waals surface area contributed by atoms with Crippen LogP contribution in [0.4, 0.5) is 0 Å². The highest BCUT2D eigenvalue weighted by atomic mass is 16.3. The van der Waals surface area contributed by atoms with Gasteiger partial charge in [-0.3, -0.25) is 4.79 Å². The molecular weight excluding hydrogens is 302 g/mol. The number of aromatic nitrogens is 2. The van der Waals surface area contributed by atoms with E-state index in [0.29, 0.717) is 12.8 Å². The Kier molecular flexibility index (Phi) is 4.45. The summed E-state index contributed by atoms with van der Waals surface area (Å²) in [5, 5.41) is 17.8. The first kappa shape index (κ1) is 16.7. The van der Waals surface area contributed by atoms with Crippen molar-refractivity contribution in [3.63, 3.8) is 0 Å². The van der Waals surface area contributed by atoms with Gasteiger partial charge >= 0.3 is 0 Å². The maximum absolute atomic E-state index is 12.3. The van der Waals surface area contributed by atoms with Gasteiger partial charge in [0.2, 0.25) is 0 Å². The Morgan fingerprint density at radius 2 is 1.88 bits per heavy atom. The SMILES string of the molecule is Cc1cc(C)n(-c2ccc(C(C)NC(=O)C3(O)CCCC3)cc2)n1. The number of amides is 1. The number of rotatable bonds is 4. The van der Waals surface area contributed by atoms with Crippen molar-refractivity contribution in [2.24, 2.45) is 0 Å². The van der Waals surface area contributed by atoms with Gasteiger partial charge in [0, 0.05) is 5.69 Å². The summed E-state index contributed by atoms with van der Waals surface area (Å²) in [6.07, 6.45) is 2.94. The molecule has 5 heteroatoms. The molecule has 0 radical (unpaired) electrons. The molecule has 1 aromatic heterocycles. The van der Waals surface area contributed by atoms with Crippen molar-refractivity contribution in [1.82, 2.24) is 15.1 Å². The molecule has 0 bridgehead atoms. The van der Waals surface area contributed by atoms with Gasteiger partial charge in [-0.25, -0.2) is 4.68 Å². The van der Waals surface area contributed by atoms with Crippen LogP contribution in [-0.2, 0) is 4.79 Å². The normalized spacial score (nSPS) is 17.7. The largest absolute Gasteiger partial charge is 0.380 e. The van der Waals surface area contributed by atoms with Crippen molar-refractivity contribution in [3.05, 3.63) is 47.3 Å². The summed E-state index contributed by atoms with van der Waals surface area (Å²) in [5.41, 5.74) is 2.90. The number of benzene rings is 1. The third-order valence-electron chi connectivity index (χ3n) is 4.85. The van der Waals surface area contributed by atoms with Crippen LogP contribution in [0.3, 0.4) is 0 Å². The average molecular weight is 327 g/mol. The Bertz CT molecular complexity index is 728. The highest BCUT2D eigenvalue weighted by molar-refractivity contribution is 5.85. The molecule has 24 heavy (non-hydrogen) atoms. The first-order valence-electron chi connectivity index (χ1n) is 8.56. The van der Waals surface area contributed by atoms with Gasteiger partial charge in [-0.05, 0) is 70.2 Å². The molecule has 1 atom stereocenters. The maximum atomic E-state index is 12.3. The molecule has 1 aromatic carbocycles. The second-order valence-electron chi connectivity index (χ2n) is 6.86. The molecule has 2 N–H and O–H groups in total. The zero-order valence-corrected chi connectivity index (χ0v) is 14.5. The lowest BCUT2D eigenvalue weighted by Gasteiger charge is -2.24. The number of carbonyl (C=O) groups is 1. The fraction of sp³-hybridized carbons (Fsp3) is 0.474. The van der Waals surface area contributed by atoms with E-state index in [2.05, 4.69) is 10.4 Å². The molecule has 0 aliphatic heterocycles. The van der Waals surface area contributed by atoms with Crippen molar-refractivity contribution < 1.29 is 9.90 Å². The van der Waals surface area contributed by atoms with Crippen LogP contribution in [0.5, 0.6) is 0 Å².